The Morgan fingerprint density at radius 2 is 0.647 bits per heavy atom. The molecular weight excluding hydrogens is 433 g/mol. The number of rotatable bonds is 4. The molecule has 0 bridgehead atoms. The van der Waals surface area contributed by atoms with Gasteiger partial charge in [0.15, 0.2) is 0 Å². The van der Waals surface area contributed by atoms with Crippen LogP contribution in [0.1, 0.15) is 0 Å². The Morgan fingerprint density at radius 1 is 0.529 bits per heavy atom. The summed E-state index contributed by atoms with van der Waals surface area (Å²) >= 11 is 0. The third kappa shape index (κ3) is 31.4. The van der Waals surface area contributed by atoms with E-state index in [4.69, 9.17) is 20.4 Å². The number of carboxylic acid groups (broad SMARTS) is 4. The quantitative estimate of drug-likeness (QED) is 0.322. The van der Waals surface area contributed by atoms with Crippen LogP contribution in [0.5, 0.6) is 0 Å². The normalized spacial score (nSPS) is 8.94. The first-order valence-electron chi connectivity index (χ1n) is 3.53. The Labute approximate surface area is 114 Å². The van der Waals surface area contributed by atoms with Crippen molar-refractivity contribution in [1.29, 1.82) is 0 Å². The van der Waals surface area contributed by atoms with Crippen molar-refractivity contribution in [2.24, 2.45) is 0 Å². The molecule has 0 heterocycles. The van der Waals surface area contributed by atoms with Crippen LogP contribution in [0.25, 0.3) is 0 Å². The summed E-state index contributed by atoms with van der Waals surface area (Å²) in [6.45, 7) is 0. The second-order valence-electron chi connectivity index (χ2n) is 2.02. The molecule has 4 N–H and O–H groups in total. The molecule has 0 saturated carbocycles. The van der Waals surface area contributed by atoms with Crippen LogP contribution in [-0.2, 0) is 19.2 Å². The summed E-state index contributed by atoms with van der Waals surface area (Å²) in [6.07, 6.45) is 2.23. The first kappa shape index (κ1) is 20.6. The van der Waals surface area contributed by atoms with Gasteiger partial charge in [0, 0.05) is 50.5 Å². The van der Waals surface area contributed by atoms with Crippen molar-refractivity contribution in [1.82, 2.24) is 0 Å². The minimum atomic E-state index is -1.26. The molecule has 0 atom stereocenters. The van der Waals surface area contributed by atoms with Gasteiger partial charge in [0.05, 0.1) is 0 Å². The molecule has 0 spiro atoms. The SMILES string of the molecule is O=C(O)/C=C\C(=O)O.O=C(O)/C=C\C(=O)O.[Bi]. The summed E-state index contributed by atoms with van der Waals surface area (Å²) in [6, 6.07) is 0. The summed E-state index contributed by atoms with van der Waals surface area (Å²) in [4.78, 5) is 38.2. The smallest absolute Gasteiger partial charge is 0.328 e. The number of aliphatic carboxylic acids is 4. The molecular formula is C8H8BiO8. The summed E-state index contributed by atoms with van der Waals surface area (Å²) in [5, 5.41) is 31.2. The topological polar surface area (TPSA) is 149 Å². The average Bonchev–Trinajstić information content (AvgIpc) is 2.12. The maximum Gasteiger partial charge on any atom is 0.328 e. The van der Waals surface area contributed by atoms with E-state index >= 15 is 0 Å². The largest absolute Gasteiger partial charge is 0.478 e. The second kappa shape index (κ2) is 12.3. The van der Waals surface area contributed by atoms with Gasteiger partial charge in [0.1, 0.15) is 0 Å². The Hall–Kier alpha value is -1.76. The van der Waals surface area contributed by atoms with E-state index < -0.39 is 23.9 Å². The van der Waals surface area contributed by atoms with Crippen LogP contribution in [0, 0.1) is 0 Å². The first-order valence-corrected chi connectivity index (χ1v) is 3.53. The van der Waals surface area contributed by atoms with Gasteiger partial charge >= 0.3 is 23.9 Å². The Balaban J connectivity index is -0.000000218. The van der Waals surface area contributed by atoms with Crippen molar-refractivity contribution < 1.29 is 39.6 Å². The molecule has 3 radical (unpaired) electrons. The molecule has 0 aromatic rings. The molecule has 0 aliphatic rings. The third-order valence-corrected chi connectivity index (χ3v) is 0.737. The van der Waals surface area contributed by atoms with Crippen LogP contribution in [0.3, 0.4) is 0 Å². The van der Waals surface area contributed by atoms with E-state index in [0.717, 1.165) is 0 Å². The van der Waals surface area contributed by atoms with Crippen molar-refractivity contribution in [2.75, 3.05) is 0 Å². The van der Waals surface area contributed by atoms with Crippen molar-refractivity contribution >= 4 is 50.1 Å². The zero-order chi connectivity index (χ0) is 13.1. The van der Waals surface area contributed by atoms with Crippen molar-refractivity contribution in [3.8, 4) is 0 Å². The zero-order valence-corrected chi connectivity index (χ0v) is 11.7. The van der Waals surface area contributed by atoms with Gasteiger partial charge in [-0.1, -0.05) is 0 Å². The molecule has 0 aromatic carbocycles. The third-order valence-electron chi connectivity index (χ3n) is 0.737. The van der Waals surface area contributed by atoms with E-state index in [0.29, 0.717) is 24.3 Å². The molecule has 9 heteroatoms. The summed E-state index contributed by atoms with van der Waals surface area (Å²) < 4.78 is 0. The van der Waals surface area contributed by atoms with Gasteiger partial charge in [-0.25, -0.2) is 19.2 Å². The predicted octanol–water partition coefficient (Wildman–Crippen LogP) is -0.957. The Kier molecular flexibility index (Phi) is 14.9. The zero-order valence-electron chi connectivity index (χ0n) is 8.18. The minimum absolute atomic E-state index is 0. The van der Waals surface area contributed by atoms with Gasteiger partial charge in [-0.3, -0.25) is 0 Å². The van der Waals surface area contributed by atoms with Crippen LogP contribution >= 0.6 is 0 Å². The van der Waals surface area contributed by atoms with Crippen molar-refractivity contribution in [2.45, 2.75) is 0 Å². The summed E-state index contributed by atoms with van der Waals surface area (Å²) in [5.74, 6) is -5.03. The predicted molar refractivity (Wildman–Crippen MR) is 54.6 cm³/mol. The number of carboxylic acids is 4. The summed E-state index contributed by atoms with van der Waals surface area (Å²) in [5.41, 5.74) is 0. The van der Waals surface area contributed by atoms with Gasteiger partial charge in [-0.05, 0) is 0 Å². The van der Waals surface area contributed by atoms with Gasteiger partial charge < -0.3 is 20.4 Å². The van der Waals surface area contributed by atoms with E-state index in [9.17, 15) is 19.2 Å². The fraction of sp³-hybridized carbons (Fsp3) is 0. The Morgan fingerprint density at radius 3 is 0.706 bits per heavy atom. The minimum Gasteiger partial charge on any atom is -0.478 e. The molecule has 93 valence electrons. The molecule has 0 aliphatic carbocycles. The standard InChI is InChI=1S/2C4H4O4.Bi/c2*5-3(6)1-2-4(7)8;/h2*1-2H,(H,5,6)(H,7,8);/b2*2-1-;. The first-order chi connectivity index (χ1) is 7.25. The van der Waals surface area contributed by atoms with Crippen LogP contribution in [0.4, 0.5) is 0 Å². The number of hydrogen-bond acceptors (Lipinski definition) is 4. The van der Waals surface area contributed by atoms with E-state index in [1.807, 2.05) is 0 Å². The molecule has 0 aliphatic heterocycles. The molecule has 0 fully saturated rings. The molecule has 17 heavy (non-hydrogen) atoms. The number of carbonyl (C=O) groups is 4. The maximum atomic E-state index is 9.55. The maximum absolute atomic E-state index is 9.55. The average molecular weight is 441 g/mol. The van der Waals surface area contributed by atoms with Gasteiger partial charge in [0.2, 0.25) is 0 Å². The van der Waals surface area contributed by atoms with Crippen LogP contribution in [0.2, 0.25) is 0 Å². The Bertz CT molecular complexity index is 277. The molecule has 0 aromatic heterocycles. The van der Waals surface area contributed by atoms with Gasteiger partial charge in [-0.15, -0.1) is 0 Å². The van der Waals surface area contributed by atoms with Crippen molar-refractivity contribution in [3.63, 3.8) is 0 Å². The second-order valence-corrected chi connectivity index (χ2v) is 2.02. The molecule has 8 nitrogen and oxygen atoms in total. The van der Waals surface area contributed by atoms with Gasteiger partial charge in [0.25, 0.3) is 0 Å². The van der Waals surface area contributed by atoms with Crippen LogP contribution in [-0.4, -0.2) is 70.5 Å². The monoisotopic (exact) mass is 441 g/mol. The fourth-order valence-corrected chi connectivity index (χ4v) is 0.285. The van der Waals surface area contributed by atoms with Crippen LogP contribution in [0.15, 0.2) is 24.3 Å². The van der Waals surface area contributed by atoms with Crippen molar-refractivity contribution in [3.05, 3.63) is 24.3 Å². The fourth-order valence-electron chi connectivity index (χ4n) is 0.285. The molecule has 0 rings (SSSR count). The molecule has 0 unspecified atom stereocenters. The van der Waals surface area contributed by atoms with Crippen LogP contribution < -0.4 is 0 Å². The molecule has 0 saturated heterocycles. The van der Waals surface area contributed by atoms with E-state index in [1.54, 1.807) is 0 Å². The van der Waals surface area contributed by atoms with E-state index in [2.05, 4.69) is 0 Å². The molecule has 0 amide bonds. The summed E-state index contributed by atoms with van der Waals surface area (Å²) in [7, 11) is 0. The van der Waals surface area contributed by atoms with E-state index in [1.165, 1.54) is 0 Å². The van der Waals surface area contributed by atoms with E-state index in [-0.39, 0.29) is 26.2 Å². The van der Waals surface area contributed by atoms with Gasteiger partial charge in [-0.2, -0.15) is 0 Å². The number of hydrogen-bond donors (Lipinski definition) is 4.